The highest BCUT2D eigenvalue weighted by atomic mass is 19.1. The summed E-state index contributed by atoms with van der Waals surface area (Å²) in [5.74, 6) is 0.538. The zero-order valence-corrected chi connectivity index (χ0v) is 9.82. The second kappa shape index (κ2) is 4.42. The quantitative estimate of drug-likeness (QED) is 0.835. The standard InChI is InChI=1S/C15H13FO2/c16-12-2-4-13-11(8-12)5-6-18-15-7-10(9-17)1-3-14(13)15/h1-4,7-8,17H,5-6,9H2. The minimum Gasteiger partial charge on any atom is -0.493 e. The third-order valence-electron chi connectivity index (χ3n) is 3.22. The van der Waals surface area contributed by atoms with Gasteiger partial charge in [-0.2, -0.15) is 0 Å². The van der Waals surface area contributed by atoms with Crippen molar-refractivity contribution in [2.24, 2.45) is 0 Å². The molecule has 0 aliphatic carbocycles. The molecular weight excluding hydrogens is 231 g/mol. The first kappa shape index (κ1) is 11.2. The molecule has 0 saturated carbocycles. The van der Waals surface area contributed by atoms with Crippen LogP contribution < -0.4 is 4.74 Å². The molecule has 2 aromatic rings. The Morgan fingerprint density at radius 3 is 2.78 bits per heavy atom. The predicted molar refractivity (Wildman–Crippen MR) is 67.0 cm³/mol. The number of rotatable bonds is 1. The zero-order chi connectivity index (χ0) is 12.5. The molecule has 0 radical (unpaired) electrons. The number of halogens is 1. The van der Waals surface area contributed by atoms with Crippen LogP contribution in [-0.4, -0.2) is 11.7 Å². The minimum atomic E-state index is -0.218. The van der Waals surface area contributed by atoms with Crippen molar-refractivity contribution in [3.8, 4) is 16.9 Å². The highest BCUT2D eigenvalue weighted by Crippen LogP contribution is 2.36. The van der Waals surface area contributed by atoms with Crippen molar-refractivity contribution >= 4 is 0 Å². The van der Waals surface area contributed by atoms with Crippen LogP contribution in [0.15, 0.2) is 36.4 Å². The van der Waals surface area contributed by atoms with E-state index in [9.17, 15) is 4.39 Å². The monoisotopic (exact) mass is 244 g/mol. The maximum atomic E-state index is 13.2. The van der Waals surface area contributed by atoms with Gasteiger partial charge in [-0.3, -0.25) is 0 Å². The Morgan fingerprint density at radius 1 is 1.11 bits per heavy atom. The van der Waals surface area contributed by atoms with Crippen LogP contribution in [0, 0.1) is 5.82 Å². The van der Waals surface area contributed by atoms with Gasteiger partial charge in [-0.15, -0.1) is 0 Å². The number of benzene rings is 2. The van der Waals surface area contributed by atoms with Crippen molar-refractivity contribution < 1.29 is 14.2 Å². The lowest BCUT2D eigenvalue weighted by Gasteiger charge is -2.10. The number of aliphatic hydroxyl groups excluding tert-OH is 1. The van der Waals surface area contributed by atoms with Gasteiger partial charge in [-0.25, -0.2) is 4.39 Å². The summed E-state index contributed by atoms with van der Waals surface area (Å²) in [7, 11) is 0. The Labute approximate surface area is 105 Å². The van der Waals surface area contributed by atoms with E-state index >= 15 is 0 Å². The van der Waals surface area contributed by atoms with Crippen LogP contribution in [-0.2, 0) is 13.0 Å². The van der Waals surface area contributed by atoms with Crippen LogP contribution in [0.5, 0.6) is 5.75 Å². The molecule has 1 N–H and O–H groups in total. The van der Waals surface area contributed by atoms with Crippen LogP contribution in [0.25, 0.3) is 11.1 Å². The van der Waals surface area contributed by atoms with E-state index in [1.54, 1.807) is 12.1 Å². The van der Waals surface area contributed by atoms with Crippen molar-refractivity contribution in [3.63, 3.8) is 0 Å². The smallest absolute Gasteiger partial charge is 0.127 e. The Bertz CT molecular complexity index is 593. The maximum absolute atomic E-state index is 13.2. The first-order chi connectivity index (χ1) is 8.78. The fourth-order valence-electron chi connectivity index (χ4n) is 2.31. The average molecular weight is 244 g/mol. The summed E-state index contributed by atoms with van der Waals surface area (Å²) in [5.41, 5.74) is 3.75. The van der Waals surface area contributed by atoms with E-state index in [4.69, 9.17) is 9.84 Å². The fourth-order valence-corrected chi connectivity index (χ4v) is 2.31. The van der Waals surface area contributed by atoms with Gasteiger partial charge in [0.05, 0.1) is 13.2 Å². The Kier molecular flexibility index (Phi) is 2.76. The van der Waals surface area contributed by atoms with Crippen LogP contribution in [0.2, 0.25) is 0 Å². The molecule has 2 aromatic carbocycles. The van der Waals surface area contributed by atoms with Crippen LogP contribution >= 0.6 is 0 Å². The predicted octanol–water partition coefficient (Wildman–Crippen LogP) is 2.92. The van der Waals surface area contributed by atoms with Crippen molar-refractivity contribution in [2.75, 3.05) is 6.61 Å². The van der Waals surface area contributed by atoms with Crippen molar-refractivity contribution in [2.45, 2.75) is 13.0 Å². The molecule has 92 valence electrons. The summed E-state index contributed by atoms with van der Waals surface area (Å²) < 4.78 is 18.9. The molecule has 0 spiro atoms. The van der Waals surface area contributed by atoms with E-state index in [1.807, 2.05) is 18.2 Å². The zero-order valence-electron chi connectivity index (χ0n) is 9.82. The molecule has 0 unspecified atom stereocenters. The summed E-state index contributed by atoms with van der Waals surface area (Å²) in [6.07, 6.45) is 0.691. The van der Waals surface area contributed by atoms with Gasteiger partial charge < -0.3 is 9.84 Å². The van der Waals surface area contributed by atoms with Gasteiger partial charge >= 0.3 is 0 Å². The minimum absolute atomic E-state index is 0.00703. The second-order valence-electron chi connectivity index (χ2n) is 4.39. The summed E-state index contributed by atoms with van der Waals surface area (Å²) in [6.45, 7) is 0.519. The normalized spacial score (nSPS) is 13.2. The van der Waals surface area contributed by atoms with Gasteiger partial charge in [0.25, 0.3) is 0 Å². The first-order valence-electron chi connectivity index (χ1n) is 5.93. The number of ether oxygens (including phenoxy) is 1. The van der Waals surface area contributed by atoms with E-state index < -0.39 is 0 Å². The molecule has 0 atom stereocenters. The molecule has 3 heteroatoms. The highest BCUT2D eigenvalue weighted by Gasteiger charge is 2.16. The summed E-state index contributed by atoms with van der Waals surface area (Å²) >= 11 is 0. The molecule has 1 aliphatic heterocycles. The second-order valence-corrected chi connectivity index (χ2v) is 4.39. The largest absolute Gasteiger partial charge is 0.493 e. The van der Waals surface area contributed by atoms with E-state index in [-0.39, 0.29) is 12.4 Å². The maximum Gasteiger partial charge on any atom is 0.127 e. The number of hydrogen-bond donors (Lipinski definition) is 1. The molecule has 0 aromatic heterocycles. The molecule has 18 heavy (non-hydrogen) atoms. The molecule has 0 amide bonds. The first-order valence-corrected chi connectivity index (χ1v) is 5.93. The Morgan fingerprint density at radius 2 is 1.94 bits per heavy atom. The lowest BCUT2D eigenvalue weighted by Crippen LogP contribution is -1.99. The van der Waals surface area contributed by atoms with Gasteiger partial charge in [0.15, 0.2) is 0 Å². The lowest BCUT2D eigenvalue weighted by atomic mass is 9.97. The van der Waals surface area contributed by atoms with Crippen LogP contribution in [0.1, 0.15) is 11.1 Å². The number of aliphatic hydroxyl groups is 1. The Hall–Kier alpha value is -1.87. The lowest BCUT2D eigenvalue weighted by molar-refractivity contribution is 0.279. The van der Waals surface area contributed by atoms with Gasteiger partial charge in [-0.05, 0) is 34.9 Å². The van der Waals surface area contributed by atoms with E-state index in [2.05, 4.69) is 0 Å². The molecule has 3 rings (SSSR count). The summed E-state index contributed by atoms with van der Waals surface area (Å²) in [4.78, 5) is 0. The molecule has 1 heterocycles. The highest BCUT2D eigenvalue weighted by molar-refractivity contribution is 5.74. The molecular formula is C15H13FO2. The van der Waals surface area contributed by atoms with Crippen molar-refractivity contribution in [3.05, 3.63) is 53.3 Å². The number of hydrogen-bond acceptors (Lipinski definition) is 2. The van der Waals surface area contributed by atoms with Gasteiger partial charge in [0.1, 0.15) is 11.6 Å². The van der Waals surface area contributed by atoms with E-state index in [0.29, 0.717) is 13.0 Å². The molecule has 2 nitrogen and oxygen atoms in total. The Balaban J connectivity index is 2.18. The molecule has 1 aliphatic rings. The molecule has 0 fully saturated rings. The van der Waals surface area contributed by atoms with Gasteiger partial charge in [-0.1, -0.05) is 18.2 Å². The third-order valence-corrected chi connectivity index (χ3v) is 3.22. The third kappa shape index (κ3) is 1.87. The van der Waals surface area contributed by atoms with Gasteiger partial charge in [0.2, 0.25) is 0 Å². The fraction of sp³-hybridized carbons (Fsp3) is 0.200. The van der Waals surface area contributed by atoms with E-state index in [1.165, 1.54) is 6.07 Å². The molecule has 0 bridgehead atoms. The average Bonchev–Trinajstić information content (AvgIpc) is 2.56. The van der Waals surface area contributed by atoms with Gasteiger partial charge in [0, 0.05) is 12.0 Å². The van der Waals surface area contributed by atoms with Crippen LogP contribution in [0.3, 0.4) is 0 Å². The van der Waals surface area contributed by atoms with Crippen molar-refractivity contribution in [1.29, 1.82) is 0 Å². The van der Waals surface area contributed by atoms with Crippen LogP contribution in [0.4, 0.5) is 4.39 Å². The summed E-state index contributed by atoms with van der Waals surface area (Å²) in [5, 5.41) is 9.14. The molecule has 0 saturated heterocycles. The van der Waals surface area contributed by atoms with E-state index in [0.717, 1.165) is 28.0 Å². The topological polar surface area (TPSA) is 29.5 Å². The SMILES string of the molecule is OCc1ccc2c(c1)OCCc1cc(F)ccc1-2. The van der Waals surface area contributed by atoms with Crippen molar-refractivity contribution in [1.82, 2.24) is 0 Å². The number of fused-ring (bicyclic) bond motifs is 3. The summed E-state index contributed by atoms with van der Waals surface area (Å²) in [6, 6.07) is 10.4.